The minimum atomic E-state index is -0.108. The first-order chi connectivity index (χ1) is 5.75. The lowest BCUT2D eigenvalue weighted by atomic mass is 10.1. The molecular weight excluding hydrogens is 154 g/mol. The maximum atomic E-state index is 9.22. The van der Waals surface area contributed by atoms with Crippen molar-refractivity contribution in [3.05, 3.63) is 24.0 Å². The Hall–Kier alpha value is -1.58. The molecule has 1 aliphatic heterocycles. The normalized spacial score (nSPS) is 19.6. The number of aliphatic imine (C=N–C) groups is 1. The number of allylic oxidation sites excluding steroid dienone is 1. The van der Waals surface area contributed by atoms with Crippen molar-refractivity contribution in [3.8, 4) is 0 Å². The molecule has 0 aromatic heterocycles. The van der Waals surface area contributed by atoms with Gasteiger partial charge in [-0.05, 0) is 13.0 Å². The van der Waals surface area contributed by atoms with E-state index < -0.39 is 0 Å². The average Bonchev–Trinajstić information content (AvgIpc) is 2.04. The number of hydrogen-bond acceptors (Lipinski definition) is 3. The van der Waals surface area contributed by atoms with Crippen LogP contribution in [0.5, 0.6) is 0 Å². The molecule has 0 bridgehead atoms. The fourth-order valence-corrected chi connectivity index (χ4v) is 0.809. The number of nitrogens with one attached hydrogen (secondary N) is 2. The zero-order chi connectivity index (χ0) is 8.97. The third-order valence-corrected chi connectivity index (χ3v) is 1.42. The summed E-state index contributed by atoms with van der Waals surface area (Å²) in [4.78, 5) is 3.66. The standard InChI is InChI=1S/C8H11N3O/c1-2-10-5-6-7(9)3-4-11-8(6)12/h3-5,9-10H,2H2,1H3,(H,11,12)/b6-5+,9-7?. The maximum Gasteiger partial charge on any atom is 0.221 e. The number of aliphatic hydroxyl groups excluding tert-OH is 1. The minimum Gasteiger partial charge on any atom is -0.493 e. The molecule has 0 amide bonds. The minimum absolute atomic E-state index is 0.108. The highest BCUT2D eigenvalue weighted by molar-refractivity contribution is 6.25. The maximum absolute atomic E-state index is 9.22. The van der Waals surface area contributed by atoms with Gasteiger partial charge in [0, 0.05) is 18.9 Å². The summed E-state index contributed by atoms with van der Waals surface area (Å²) >= 11 is 0. The van der Waals surface area contributed by atoms with Crippen LogP contribution in [-0.4, -0.2) is 23.3 Å². The van der Waals surface area contributed by atoms with Crippen molar-refractivity contribution >= 4 is 11.6 Å². The second-order valence-electron chi connectivity index (χ2n) is 2.30. The lowest BCUT2D eigenvalue weighted by molar-refractivity contribution is 0.554. The molecule has 4 nitrogen and oxygen atoms in total. The molecule has 0 aliphatic carbocycles. The molecule has 0 spiro atoms. The fourth-order valence-electron chi connectivity index (χ4n) is 0.809. The molecule has 0 aromatic carbocycles. The molecule has 0 radical (unpaired) electrons. The molecule has 1 heterocycles. The van der Waals surface area contributed by atoms with E-state index in [1.807, 2.05) is 6.92 Å². The third kappa shape index (κ3) is 1.72. The van der Waals surface area contributed by atoms with Crippen LogP contribution >= 0.6 is 0 Å². The molecule has 0 atom stereocenters. The Balaban J connectivity index is 2.82. The van der Waals surface area contributed by atoms with E-state index in [1.165, 1.54) is 12.3 Å². The molecule has 0 unspecified atom stereocenters. The van der Waals surface area contributed by atoms with Crippen molar-refractivity contribution < 1.29 is 5.11 Å². The van der Waals surface area contributed by atoms with Gasteiger partial charge in [-0.2, -0.15) is 0 Å². The van der Waals surface area contributed by atoms with Crippen molar-refractivity contribution in [1.82, 2.24) is 5.32 Å². The van der Waals surface area contributed by atoms with E-state index in [0.717, 1.165) is 6.54 Å². The van der Waals surface area contributed by atoms with Crippen LogP contribution in [0.2, 0.25) is 0 Å². The van der Waals surface area contributed by atoms with Crippen molar-refractivity contribution in [2.24, 2.45) is 4.99 Å². The summed E-state index contributed by atoms with van der Waals surface area (Å²) in [7, 11) is 0. The van der Waals surface area contributed by atoms with Gasteiger partial charge in [0.15, 0.2) is 0 Å². The summed E-state index contributed by atoms with van der Waals surface area (Å²) in [6, 6.07) is 0. The lowest BCUT2D eigenvalue weighted by Gasteiger charge is -2.07. The first-order valence-electron chi connectivity index (χ1n) is 3.72. The van der Waals surface area contributed by atoms with Crippen molar-refractivity contribution in [2.45, 2.75) is 6.92 Å². The second-order valence-corrected chi connectivity index (χ2v) is 2.30. The fraction of sp³-hybridized carbons (Fsp3) is 0.250. The summed E-state index contributed by atoms with van der Waals surface area (Å²) in [6.45, 7) is 2.70. The molecular formula is C8H11N3O. The van der Waals surface area contributed by atoms with E-state index in [1.54, 1.807) is 6.20 Å². The molecule has 4 heteroatoms. The monoisotopic (exact) mass is 165 g/mol. The van der Waals surface area contributed by atoms with Crippen LogP contribution in [0.3, 0.4) is 0 Å². The highest BCUT2D eigenvalue weighted by atomic mass is 16.3. The van der Waals surface area contributed by atoms with Crippen LogP contribution in [0, 0.1) is 5.41 Å². The molecule has 0 saturated heterocycles. The van der Waals surface area contributed by atoms with Crippen LogP contribution in [0.15, 0.2) is 29.0 Å². The summed E-state index contributed by atoms with van der Waals surface area (Å²) in [6.07, 6.45) is 4.52. The van der Waals surface area contributed by atoms with Crippen LogP contribution < -0.4 is 5.32 Å². The van der Waals surface area contributed by atoms with Crippen LogP contribution in [-0.2, 0) is 0 Å². The molecule has 0 aromatic rings. The van der Waals surface area contributed by atoms with Crippen LogP contribution in [0.25, 0.3) is 0 Å². The Morgan fingerprint density at radius 2 is 2.50 bits per heavy atom. The second kappa shape index (κ2) is 3.71. The van der Waals surface area contributed by atoms with Gasteiger partial charge in [0.2, 0.25) is 5.90 Å². The third-order valence-electron chi connectivity index (χ3n) is 1.42. The summed E-state index contributed by atoms with van der Waals surface area (Å²) in [5.74, 6) is -0.108. The molecule has 0 fully saturated rings. The van der Waals surface area contributed by atoms with Gasteiger partial charge in [-0.15, -0.1) is 0 Å². The van der Waals surface area contributed by atoms with Gasteiger partial charge in [-0.3, -0.25) is 5.41 Å². The highest BCUT2D eigenvalue weighted by Crippen LogP contribution is 2.04. The van der Waals surface area contributed by atoms with E-state index in [4.69, 9.17) is 5.41 Å². The van der Waals surface area contributed by atoms with E-state index in [2.05, 4.69) is 10.3 Å². The van der Waals surface area contributed by atoms with Gasteiger partial charge in [0.25, 0.3) is 0 Å². The van der Waals surface area contributed by atoms with Gasteiger partial charge in [-0.25, -0.2) is 4.99 Å². The Morgan fingerprint density at radius 1 is 1.75 bits per heavy atom. The van der Waals surface area contributed by atoms with Gasteiger partial charge >= 0.3 is 0 Å². The number of rotatable bonds is 2. The zero-order valence-electron chi connectivity index (χ0n) is 6.83. The van der Waals surface area contributed by atoms with E-state index >= 15 is 0 Å². The predicted molar refractivity (Wildman–Crippen MR) is 48.7 cm³/mol. The van der Waals surface area contributed by atoms with E-state index in [0.29, 0.717) is 5.57 Å². The van der Waals surface area contributed by atoms with Crippen molar-refractivity contribution in [2.75, 3.05) is 6.54 Å². The predicted octanol–water partition coefficient (Wildman–Crippen LogP) is 0.983. The average molecular weight is 165 g/mol. The molecule has 1 rings (SSSR count). The molecule has 3 N–H and O–H groups in total. The lowest BCUT2D eigenvalue weighted by Crippen LogP contribution is -2.16. The number of hydrogen-bond donors (Lipinski definition) is 3. The first-order valence-corrected chi connectivity index (χ1v) is 3.72. The summed E-state index contributed by atoms with van der Waals surface area (Å²) < 4.78 is 0. The Bertz CT molecular complexity index is 276. The van der Waals surface area contributed by atoms with Crippen molar-refractivity contribution in [3.63, 3.8) is 0 Å². The zero-order valence-corrected chi connectivity index (χ0v) is 6.83. The summed E-state index contributed by atoms with van der Waals surface area (Å²) in [5, 5.41) is 19.5. The number of aliphatic hydroxyl groups is 1. The van der Waals surface area contributed by atoms with Gasteiger partial charge < -0.3 is 10.4 Å². The molecule has 12 heavy (non-hydrogen) atoms. The van der Waals surface area contributed by atoms with Crippen molar-refractivity contribution in [1.29, 1.82) is 5.41 Å². The Morgan fingerprint density at radius 3 is 3.08 bits per heavy atom. The number of nitrogens with zero attached hydrogens (tertiary/aromatic N) is 1. The smallest absolute Gasteiger partial charge is 0.221 e. The topological polar surface area (TPSA) is 68.5 Å². The van der Waals surface area contributed by atoms with Crippen LogP contribution in [0.4, 0.5) is 0 Å². The van der Waals surface area contributed by atoms with E-state index in [-0.39, 0.29) is 11.6 Å². The Labute approximate surface area is 70.8 Å². The van der Waals surface area contributed by atoms with Gasteiger partial charge in [0.1, 0.15) is 0 Å². The Kier molecular flexibility index (Phi) is 2.63. The molecule has 1 aliphatic rings. The summed E-state index contributed by atoms with van der Waals surface area (Å²) in [5.41, 5.74) is 0.697. The van der Waals surface area contributed by atoms with Gasteiger partial charge in [0.05, 0.1) is 11.3 Å². The van der Waals surface area contributed by atoms with Gasteiger partial charge in [-0.1, -0.05) is 0 Å². The largest absolute Gasteiger partial charge is 0.493 e. The van der Waals surface area contributed by atoms with Crippen LogP contribution in [0.1, 0.15) is 6.92 Å². The molecule has 0 saturated carbocycles. The first kappa shape index (κ1) is 8.52. The highest BCUT2D eigenvalue weighted by Gasteiger charge is 2.11. The SMILES string of the molecule is CCN/C=C1\C(=N)C=CN=C1O. The van der Waals surface area contributed by atoms with E-state index in [9.17, 15) is 5.11 Å². The molecule has 64 valence electrons. The quantitative estimate of drug-likeness (QED) is 0.571.